The summed E-state index contributed by atoms with van der Waals surface area (Å²) in [6.45, 7) is 5.33. The van der Waals surface area contributed by atoms with Gasteiger partial charge in [-0.3, -0.25) is 9.59 Å². The summed E-state index contributed by atoms with van der Waals surface area (Å²) >= 11 is 1.33. The van der Waals surface area contributed by atoms with Crippen LogP contribution in [0, 0.1) is 6.92 Å². The molecule has 138 valence electrons. The topological polar surface area (TPSA) is 97.4 Å². The molecule has 0 spiro atoms. The molecule has 7 nitrogen and oxygen atoms in total. The van der Waals surface area contributed by atoms with Crippen molar-refractivity contribution in [2.24, 2.45) is 0 Å². The average molecular weight is 375 g/mol. The number of aromatic nitrogens is 1. The Balaban J connectivity index is 1.87. The van der Waals surface area contributed by atoms with Crippen molar-refractivity contribution in [1.29, 1.82) is 0 Å². The molecule has 0 aliphatic heterocycles. The van der Waals surface area contributed by atoms with Crippen LogP contribution in [0.4, 0.5) is 0 Å². The van der Waals surface area contributed by atoms with E-state index in [0.717, 1.165) is 11.1 Å². The number of hydrogen-bond donors (Lipinski definition) is 2. The second kappa shape index (κ2) is 9.10. The predicted molar refractivity (Wildman–Crippen MR) is 98.9 cm³/mol. The average Bonchev–Trinajstić information content (AvgIpc) is 3.10. The number of esters is 1. The highest BCUT2D eigenvalue weighted by molar-refractivity contribution is 7.13. The highest BCUT2D eigenvalue weighted by Gasteiger charge is 2.18. The normalized spacial score (nSPS) is 11.5. The molecule has 1 aromatic heterocycles. The van der Waals surface area contributed by atoms with Crippen molar-refractivity contribution in [1.82, 2.24) is 15.6 Å². The molecule has 0 bridgehead atoms. The Labute approximate surface area is 155 Å². The molecule has 1 heterocycles. The molecule has 0 aliphatic rings. The van der Waals surface area contributed by atoms with Crippen LogP contribution in [0.2, 0.25) is 0 Å². The van der Waals surface area contributed by atoms with Gasteiger partial charge in [0.15, 0.2) is 12.3 Å². The summed E-state index contributed by atoms with van der Waals surface area (Å²) in [5.74, 6) is -1.53. The molecular formula is C18H21N3O4S. The Morgan fingerprint density at radius 2 is 1.92 bits per heavy atom. The zero-order valence-corrected chi connectivity index (χ0v) is 15.7. The van der Waals surface area contributed by atoms with Crippen LogP contribution in [-0.4, -0.2) is 42.0 Å². The van der Waals surface area contributed by atoms with Crippen molar-refractivity contribution in [2.75, 3.05) is 13.2 Å². The quantitative estimate of drug-likeness (QED) is 0.721. The molecule has 0 radical (unpaired) electrons. The summed E-state index contributed by atoms with van der Waals surface area (Å²) in [5, 5.41) is 7.34. The van der Waals surface area contributed by atoms with Crippen molar-refractivity contribution in [3.05, 3.63) is 40.9 Å². The molecule has 2 N–H and O–H groups in total. The van der Waals surface area contributed by atoms with Crippen LogP contribution >= 0.6 is 11.3 Å². The van der Waals surface area contributed by atoms with Crippen LogP contribution in [0.3, 0.4) is 0 Å². The fourth-order valence-electron chi connectivity index (χ4n) is 2.08. The van der Waals surface area contributed by atoms with Crippen LogP contribution in [0.1, 0.15) is 29.9 Å². The van der Waals surface area contributed by atoms with Gasteiger partial charge in [0.25, 0.3) is 5.91 Å². The summed E-state index contributed by atoms with van der Waals surface area (Å²) < 4.78 is 4.96. The van der Waals surface area contributed by atoms with Gasteiger partial charge in [0.05, 0.1) is 0 Å². The Bertz CT molecular complexity index is 786. The molecule has 0 unspecified atom stereocenters. The van der Waals surface area contributed by atoms with Gasteiger partial charge in [-0.2, -0.15) is 0 Å². The molecule has 2 aromatic rings. The second-order valence-corrected chi connectivity index (χ2v) is 6.52. The number of hydrogen-bond acceptors (Lipinski definition) is 6. The molecule has 2 amide bonds. The lowest BCUT2D eigenvalue weighted by Crippen LogP contribution is -2.46. The van der Waals surface area contributed by atoms with E-state index in [1.165, 1.54) is 11.3 Å². The number of aryl methyl sites for hydroxylation is 1. The molecule has 0 fully saturated rings. The lowest BCUT2D eigenvalue weighted by molar-refractivity contribution is -0.130. The van der Waals surface area contributed by atoms with Crippen LogP contribution in [-0.2, 0) is 14.3 Å². The zero-order chi connectivity index (χ0) is 19.1. The minimum absolute atomic E-state index is 0.148. The van der Waals surface area contributed by atoms with Gasteiger partial charge in [0, 0.05) is 17.5 Å². The van der Waals surface area contributed by atoms with Crippen LogP contribution in [0.5, 0.6) is 0 Å². The predicted octanol–water partition coefficient (Wildman–Crippen LogP) is 1.92. The molecule has 0 aliphatic carbocycles. The number of ether oxygens (including phenoxy) is 1. The molecule has 1 aromatic carbocycles. The first-order valence-corrected chi connectivity index (χ1v) is 9.05. The highest BCUT2D eigenvalue weighted by Crippen LogP contribution is 2.24. The first-order valence-electron chi connectivity index (χ1n) is 8.17. The van der Waals surface area contributed by atoms with E-state index in [-0.39, 0.29) is 11.6 Å². The standard InChI is InChI=1S/C18H21N3O4S/c1-4-19-16(23)12(3)20-15(22)9-25-18(24)14-10-26-17(21-14)13-7-5-11(2)6-8-13/h5-8,10,12H,4,9H2,1-3H3,(H,19,23)(H,20,22)/t12-/m0/s1. The van der Waals surface area contributed by atoms with Gasteiger partial charge < -0.3 is 15.4 Å². The van der Waals surface area contributed by atoms with Crippen molar-refractivity contribution in [2.45, 2.75) is 26.8 Å². The summed E-state index contributed by atoms with van der Waals surface area (Å²) in [5.41, 5.74) is 2.20. The Morgan fingerprint density at radius 1 is 1.23 bits per heavy atom. The van der Waals surface area contributed by atoms with E-state index in [4.69, 9.17) is 4.74 Å². The summed E-state index contributed by atoms with van der Waals surface area (Å²) in [7, 11) is 0. The van der Waals surface area contributed by atoms with Gasteiger partial charge in [0.2, 0.25) is 5.91 Å². The maximum absolute atomic E-state index is 12.0. The van der Waals surface area contributed by atoms with Crippen LogP contribution < -0.4 is 10.6 Å². The number of amides is 2. The third-order valence-electron chi connectivity index (χ3n) is 3.47. The van der Waals surface area contributed by atoms with Gasteiger partial charge in [-0.25, -0.2) is 9.78 Å². The van der Waals surface area contributed by atoms with Gasteiger partial charge in [-0.1, -0.05) is 29.8 Å². The minimum atomic E-state index is -0.700. The summed E-state index contributed by atoms with van der Waals surface area (Å²) in [4.78, 5) is 39.6. The number of nitrogens with zero attached hydrogens (tertiary/aromatic N) is 1. The Hall–Kier alpha value is -2.74. The molecule has 8 heteroatoms. The molecule has 26 heavy (non-hydrogen) atoms. The number of benzene rings is 1. The van der Waals surface area contributed by atoms with Gasteiger partial charge in [-0.15, -0.1) is 11.3 Å². The lowest BCUT2D eigenvalue weighted by Gasteiger charge is -2.13. The fourth-order valence-corrected chi connectivity index (χ4v) is 2.87. The van der Waals surface area contributed by atoms with E-state index in [1.54, 1.807) is 19.2 Å². The first kappa shape index (κ1) is 19.6. The Morgan fingerprint density at radius 3 is 2.58 bits per heavy atom. The van der Waals surface area contributed by atoms with E-state index in [2.05, 4.69) is 15.6 Å². The monoisotopic (exact) mass is 375 g/mol. The second-order valence-electron chi connectivity index (χ2n) is 5.66. The highest BCUT2D eigenvalue weighted by atomic mass is 32.1. The van der Waals surface area contributed by atoms with Crippen LogP contribution in [0.15, 0.2) is 29.6 Å². The number of rotatable bonds is 7. The largest absolute Gasteiger partial charge is 0.451 e. The fraction of sp³-hybridized carbons (Fsp3) is 0.333. The van der Waals surface area contributed by atoms with Crippen molar-refractivity contribution >= 4 is 29.1 Å². The third-order valence-corrected chi connectivity index (χ3v) is 4.36. The van der Waals surface area contributed by atoms with Gasteiger partial charge >= 0.3 is 5.97 Å². The summed E-state index contributed by atoms with van der Waals surface area (Å²) in [6, 6.07) is 7.09. The van der Waals surface area contributed by atoms with E-state index in [1.807, 2.05) is 31.2 Å². The van der Waals surface area contributed by atoms with E-state index >= 15 is 0 Å². The van der Waals surface area contributed by atoms with Crippen molar-refractivity contribution in [3.8, 4) is 10.6 Å². The number of thiazole rings is 1. The lowest BCUT2D eigenvalue weighted by atomic mass is 10.2. The first-order chi connectivity index (χ1) is 12.4. The van der Waals surface area contributed by atoms with Crippen molar-refractivity contribution < 1.29 is 19.1 Å². The molecule has 0 saturated carbocycles. The molecular weight excluding hydrogens is 354 g/mol. The minimum Gasteiger partial charge on any atom is -0.451 e. The zero-order valence-electron chi connectivity index (χ0n) is 14.9. The maximum Gasteiger partial charge on any atom is 0.358 e. The third kappa shape index (κ3) is 5.38. The molecule has 1 atom stereocenters. The van der Waals surface area contributed by atoms with Crippen molar-refractivity contribution in [3.63, 3.8) is 0 Å². The number of nitrogens with one attached hydrogen (secondary N) is 2. The maximum atomic E-state index is 12.0. The smallest absolute Gasteiger partial charge is 0.358 e. The summed E-state index contributed by atoms with van der Waals surface area (Å²) in [6.07, 6.45) is 0. The van der Waals surface area contributed by atoms with Crippen LogP contribution in [0.25, 0.3) is 10.6 Å². The van der Waals surface area contributed by atoms with E-state index in [9.17, 15) is 14.4 Å². The number of carbonyl (C=O) groups excluding carboxylic acids is 3. The Kier molecular flexibility index (Phi) is 6.85. The number of carbonyl (C=O) groups is 3. The molecule has 2 rings (SSSR count). The van der Waals surface area contributed by atoms with E-state index < -0.39 is 24.5 Å². The van der Waals surface area contributed by atoms with E-state index in [0.29, 0.717) is 11.6 Å². The number of likely N-dealkylation sites (N-methyl/N-ethyl adjacent to an activating group) is 1. The van der Waals surface area contributed by atoms with Gasteiger partial charge in [0.1, 0.15) is 11.0 Å². The molecule has 0 saturated heterocycles. The SMILES string of the molecule is CCNC(=O)[C@H](C)NC(=O)COC(=O)c1csc(-c2ccc(C)cc2)n1. The van der Waals surface area contributed by atoms with Gasteiger partial charge in [-0.05, 0) is 20.8 Å².